The SMILES string of the molecule is COPOc1c(COC=O)cc2ccccc2c1-c1c(OPOC)c(C(=O)OC)cc2ccccc12. The first kappa shape index (κ1) is 25.8. The Bertz CT molecular complexity index is 1410. The molecule has 0 saturated carbocycles. The van der Waals surface area contributed by atoms with Gasteiger partial charge < -0.3 is 27.6 Å². The van der Waals surface area contributed by atoms with Gasteiger partial charge in [0, 0.05) is 30.9 Å². The van der Waals surface area contributed by atoms with Crippen LogP contribution in [0.1, 0.15) is 15.9 Å². The molecule has 0 aliphatic carbocycles. The standard InChI is InChI=1S/C26H24O8P2/c1-29-26(28)21-13-17-9-5-7-11-20(17)23(25(21)34-36-31-3)22-19-10-6-4-8-16(19)12-18(14-32-15-27)24(22)33-35-30-2/h4-13,15,35-36H,14H2,1-3H3. The molecule has 0 aliphatic rings. The molecule has 0 aromatic heterocycles. The Balaban J connectivity index is 2.20. The highest BCUT2D eigenvalue weighted by atomic mass is 31.1. The Hall–Kier alpha value is -3.28. The minimum Gasteiger partial charge on any atom is -0.465 e. The van der Waals surface area contributed by atoms with E-state index in [-0.39, 0.29) is 30.2 Å². The van der Waals surface area contributed by atoms with Gasteiger partial charge in [-0.3, -0.25) is 4.79 Å². The molecule has 8 nitrogen and oxygen atoms in total. The average molecular weight is 526 g/mol. The van der Waals surface area contributed by atoms with Gasteiger partial charge in [0.05, 0.1) is 7.11 Å². The van der Waals surface area contributed by atoms with E-state index in [1.807, 2.05) is 54.6 Å². The number of carbonyl (C=O) groups excluding carboxylic acids is 2. The molecule has 0 saturated heterocycles. The second-order valence-electron chi connectivity index (χ2n) is 7.49. The van der Waals surface area contributed by atoms with Crippen molar-refractivity contribution in [3.8, 4) is 22.6 Å². The van der Waals surface area contributed by atoms with Gasteiger partial charge in [-0.05, 0) is 33.7 Å². The molecule has 4 aromatic carbocycles. The summed E-state index contributed by atoms with van der Waals surface area (Å²) < 4.78 is 32.9. The molecule has 4 rings (SSSR count). The number of hydrogen-bond donors (Lipinski definition) is 0. The van der Waals surface area contributed by atoms with Crippen LogP contribution in [0.15, 0.2) is 60.7 Å². The second-order valence-corrected chi connectivity index (χ2v) is 9.05. The Morgan fingerprint density at radius 1 is 0.806 bits per heavy atom. The molecular weight excluding hydrogens is 502 g/mol. The van der Waals surface area contributed by atoms with Crippen molar-refractivity contribution in [2.75, 3.05) is 21.3 Å². The summed E-state index contributed by atoms with van der Waals surface area (Å²) in [5, 5.41) is 3.36. The Morgan fingerprint density at radius 2 is 1.36 bits per heavy atom. The number of carbonyl (C=O) groups is 2. The molecule has 0 radical (unpaired) electrons. The molecule has 186 valence electrons. The maximum Gasteiger partial charge on any atom is 0.341 e. The summed E-state index contributed by atoms with van der Waals surface area (Å²) in [5.74, 6) is 0.197. The molecule has 0 N–H and O–H groups in total. The van der Waals surface area contributed by atoms with Gasteiger partial charge >= 0.3 is 5.97 Å². The molecule has 4 aromatic rings. The molecule has 0 fully saturated rings. The zero-order valence-electron chi connectivity index (χ0n) is 19.8. The fraction of sp³-hybridized carbons (Fsp3) is 0.154. The maximum atomic E-state index is 12.9. The van der Waals surface area contributed by atoms with Crippen LogP contribution in [-0.2, 0) is 29.9 Å². The van der Waals surface area contributed by atoms with Crippen LogP contribution in [0, 0.1) is 0 Å². The topological polar surface area (TPSA) is 89.5 Å². The minimum absolute atomic E-state index is 0.0184. The van der Waals surface area contributed by atoms with Crippen molar-refractivity contribution in [2.24, 2.45) is 0 Å². The summed E-state index contributed by atoms with van der Waals surface area (Å²) in [5.41, 5.74) is 2.17. The normalized spacial score (nSPS) is 11.5. The van der Waals surface area contributed by atoms with Crippen LogP contribution in [0.5, 0.6) is 11.5 Å². The molecule has 36 heavy (non-hydrogen) atoms. The van der Waals surface area contributed by atoms with Gasteiger partial charge in [-0.25, -0.2) is 4.79 Å². The smallest absolute Gasteiger partial charge is 0.341 e. The fourth-order valence-electron chi connectivity index (χ4n) is 4.09. The van der Waals surface area contributed by atoms with Gasteiger partial charge in [-0.1, -0.05) is 48.5 Å². The number of hydrogen-bond acceptors (Lipinski definition) is 8. The maximum absolute atomic E-state index is 12.9. The van der Waals surface area contributed by atoms with Crippen molar-refractivity contribution < 1.29 is 37.2 Å². The van der Waals surface area contributed by atoms with Crippen LogP contribution in [0.4, 0.5) is 0 Å². The van der Waals surface area contributed by atoms with E-state index in [1.54, 1.807) is 6.07 Å². The van der Waals surface area contributed by atoms with Gasteiger partial charge in [0.25, 0.3) is 6.47 Å². The molecular formula is C26H24O8P2. The van der Waals surface area contributed by atoms with Gasteiger partial charge in [0.15, 0.2) is 0 Å². The third-order valence-corrected chi connectivity index (χ3v) is 6.40. The van der Waals surface area contributed by atoms with Gasteiger partial charge in [0.2, 0.25) is 18.1 Å². The number of benzene rings is 4. The fourth-order valence-corrected chi connectivity index (χ4v) is 4.87. The first-order valence-corrected chi connectivity index (χ1v) is 12.4. The predicted molar refractivity (Wildman–Crippen MR) is 141 cm³/mol. The zero-order valence-corrected chi connectivity index (χ0v) is 21.8. The van der Waals surface area contributed by atoms with Crippen molar-refractivity contribution >= 4 is 52.1 Å². The van der Waals surface area contributed by atoms with Gasteiger partial charge in [-0.15, -0.1) is 0 Å². The van der Waals surface area contributed by atoms with E-state index in [0.29, 0.717) is 34.7 Å². The van der Waals surface area contributed by atoms with Crippen molar-refractivity contribution in [3.05, 3.63) is 71.8 Å². The molecule has 0 spiro atoms. The second kappa shape index (κ2) is 12.1. The molecule has 0 amide bonds. The Labute approximate surface area is 211 Å². The molecule has 2 atom stereocenters. The molecule has 10 heteroatoms. The predicted octanol–water partition coefficient (Wildman–Crippen LogP) is 6.19. The van der Waals surface area contributed by atoms with Crippen molar-refractivity contribution in [1.82, 2.24) is 0 Å². The summed E-state index contributed by atoms with van der Waals surface area (Å²) in [7, 11) is 3.66. The monoisotopic (exact) mass is 526 g/mol. The highest BCUT2D eigenvalue weighted by molar-refractivity contribution is 7.26. The number of methoxy groups -OCH3 is 1. The number of rotatable bonds is 11. The summed E-state index contributed by atoms with van der Waals surface area (Å²) in [6.45, 7) is 0.369. The van der Waals surface area contributed by atoms with Crippen LogP contribution in [0.25, 0.3) is 32.7 Å². The number of esters is 1. The van der Waals surface area contributed by atoms with E-state index >= 15 is 0 Å². The van der Waals surface area contributed by atoms with Crippen LogP contribution in [0.2, 0.25) is 0 Å². The third-order valence-electron chi connectivity index (χ3n) is 5.50. The van der Waals surface area contributed by atoms with E-state index < -0.39 is 5.97 Å². The lowest BCUT2D eigenvalue weighted by Gasteiger charge is -2.22. The lowest BCUT2D eigenvalue weighted by molar-refractivity contribution is -0.129. The summed E-state index contributed by atoms with van der Waals surface area (Å²) in [6, 6.07) is 19.0. The van der Waals surface area contributed by atoms with Gasteiger partial charge in [0.1, 0.15) is 23.7 Å². The lowest BCUT2D eigenvalue weighted by atomic mass is 9.89. The highest BCUT2D eigenvalue weighted by Crippen LogP contribution is 2.50. The van der Waals surface area contributed by atoms with Crippen molar-refractivity contribution in [1.29, 1.82) is 0 Å². The van der Waals surface area contributed by atoms with Crippen LogP contribution in [-0.4, -0.2) is 33.8 Å². The lowest BCUT2D eigenvalue weighted by Crippen LogP contribution is -2.06. The third kappa shape index (κ3) is 5.13. The van der Waals surface area contributed by atoms with E-state index in [4.69, 9.17) is 27.6 Å². The van der Waals surface area contributed by atoms with Crippen LogP contribution >= 0.6 is 18.1 Å². The summed E-state index contributed by atoms with van der Waals surface area (Å²) >= 11 is 0. The van der Waals surface area contributed by atoms with Crippen LogP contribution in [0.3, 0.4) is 0 Å². The quantitative estimate of drug-likeness (QED) is 0.130. The van der Waals surface area contributed by atoms with E-state index in [1.165, 1.54) is 21.3 Å². The number of ether oxygens (including phenoxy) is 2. The van der Waals surface area contributed by atoms with Crippen LogP contribution < -0.4 is 9.05 Å². The largest absolute Gasteiger partial charge is 0.465 e. The molecule has 0 aliphatic heterocycles. The Kier molecular flexibility index (Phi) is 8.68. The number of fused-ring (bicyclic) bond motifs is 2. The highest BCUT2D eigenvalue weighted by Gasteiger charge is 2.27. The van der Waals surface area contributed by atoms with E-state index in [2.05, 4.69) is 0 Å². The first-order valence-electron chi connectivity index (χ1n) is 10.8. The summed E-state index contributed by atoms with van der Waals surface area (Å²) in [4.78, 5) is 24.0. The molecule has 0 heterocycles. The average Bonchev–Trinajstić information content (AvgIpc) is 2.92. The zero-order chi connectivity index (χ0) is 25.5. The first-order chi connectivity index (χ1) is 17.6. The van der Waals surface area contributed by atoms with Gasteiger partial charge in [-0.2, -0.15) is 0 Å². The van der Waals surface area contributed by atoms with E-state index in [0.717, 1.165) is 21.5 Å². The van der Waals surface area contributed by atoms with Crippen molar-refractivity contribution in [2.45, 2.75) is 6.61 Å². The van der Waals surface area contributed by atoms with Crippen molar-refractivity contribution in [3.63, 3.8) is 0 Å². The van der Waals surface area contributed by atoms with E-state index in [9.17, 15) is 9.59 Å². The summed E-state index contributed by atoms with van der Waals surface area (Å²) in [6.07, 6.45) is 0. The Morgan fingerprint density at radius 3 is 1.94 bits per heavy atom. The minimum atomic E-state index is -0.552. The molecule has 0 bridgehead atoms. The molecule has 2 unspecified atom stereocenters.